The predicted molar refractivity (Wildman–Crippen MR) is 91.3 cm³/mol. The van der Waals surface area contributed by atoms with Gasteiger partial charge in [0.1, 0.15) is 0 Å². The highest BCUT2D eigenvalue weighted by Gasteiger charge is 2.35. The summed E-state index contributed by atoms with van der Waals surface area (Å²) >= 11 is 0. The second kappa shape index (κ2) is 6.82. The SMILES string of the molecule is Cc1ccc(S(=O)(=O)N2CC[NH+]([C@H](C)C(=O)NC3CC3)CC2)cc1. The van der Waals surface area contributed by atoms with E-state index in [0.717, 1.165) is 23.3 Å². The van der Waals surface area contributed by atoms with Crippen molar-refractivity contribution in [1.82, 2.24) is 9.62 Å². The number of carbonyl (C=O) groups excluding carboxylic acids is 1. The molecular weight excluding hydrogens is 326 g/mol. The monoisotopic (exact) mass is 352 g/mol. The van der Waals surface area contributed by atoms with Gasteiger partial charge in [-0.25, -0.2) is 8.42 Å². The van der Waals surface area contributed by atoms with Crippen molar-refractivity contribution in [3.05, 3.63) is 29.8 Å². The van der Waals surface area contributed by atoms with Gasteiger partial charge in [0.05, 0.1) is 31.1 Å². The lowest BCUT2D eigenvalue weighted by atomic mass is 10.2. The summed E-state index contributed by atoms with van der Waals surface area (Å²) in [5.41, 5.74) is 1.04. The normalized spacial score (nSPS) is 21.4. The van der Waals surface area contributed by atoms with E-state index in [1.807, 2.05) is 26.0 Å². The first-order valence-corrected chi connectivity index (χ1v) is 10.0. The Kier molecular flexibility index (Phi) is 4.94. The van der Waals surface area contributed by atoms with E-state index in [4.69, 9.17) is 0 Å². The molecule has 2 fully saturated rings. The van der Waals surface area contributed by atoms with Crippen LogP contribution < -0.4 is 10.2 Å². The van der Waals surface area contributed by atoms with Crippen molar-refractivity contribution in [3.63, 3.8) is 0 Å². The minimum Gasteiger partial charge on any atom is -0.348 e. The van der Waals surface area contributed by atoms with E-state index in [2.05, 4.69) is 5.32 Å². The number of sulfonamides is 1. The number of rotatable bonds is 5. The molecule has 7 heteroatoms. The van der Waals surface area contributed by atoms with Crippen molar-refractivity contribution in [1.29, 1.82) is 0 Å². The van der Waals surface area contributed by atoms with E-state index in [9.17, 15) is 13.2 Å². The summed E-state index contributed by atoms with van der Waals surface area (Å²) in [7, 11) is -3.44. The number of aryl methyl sites for hydroxylation is 1. The minimum atomic E-state index is -3.44. The average Bonchev–Trinajstić information content (AvgIpc) is 3.38. The molecule has 6 nitrogen and oxygen atoms in total. The molecule has 132 valence electrons. The molecule has 1 aliphatic heterocycles. The summed E-state index contributed by atoms with van der Waals surface area (Å²) in [6.45, 7) is 6.08. The Morgan fingerprint density at radius 1 is 1.21 bits per heavy atom. The molecule has 1 aromatic carbocycles. The topological polar surface area (TPSA) is 70.9 Å². The van der Waals surface area contributed by atoms with Crippen LogP contribution in [0.4, 0.5) is 0 Å². The Morgan fingerprint density at radius 3 is 2.33 bits per heavy atom. The van der Waals surface area contributed by atoms with Crippen molar-refractivity contribution < 1.29 is 18.1 Å². The lowest BCUT2D eigenvalue weighted by Gasteiger charge is -2.34. The van der Waals surface area contributed by atoms with Gasteiger partial charge in [-0.05, 0) is 38.8 Å². The molecular formula is C17H26N3O3S+. The van der Waals surface area contributed by atoms with E-state index in [-0.39, 0.29) is 11.9 Å². The third-order valence-electron chi connectivity index (χ3n) is 4.95. The van der Waals surface area contributed by atoms with Gasteiger partial charge in [-0.3, -0.25) is 4.79 Å². The van der Waals surface area contributed by atoms with Gasteiger partial charge >= 0.3 is 0 Å². The molecule has 3 rings (SSSR count). The third-order valence-corrected chi connectivity index (χ3v) is 6.87. The van der Waals surface area contributed by atoms with E-state index < -0.39 is 10.0 Å². The van der Waals surface area contributed by atoms with E-state index in [1.54, 1.807) is 12.1 Å². The van der Waals surface area contributed by atoms with Gasteiger partial charge in [-0.1, -0.05) is 17.7 Å². The van der Waals surface area contributed by atoms with Crippen LogP contribution in [0.15, 0.2) is 29.2 Å². The third kappa shape index (κ3) is 3.79. The van der Waals surface area contributed by atoms with Crippen LogP contribution >= 0.6 is 0 Å². The number of hydrogen-bond acceptors (Lipinski definition) is 3. The Bertz CT molecular complexity index is 690. The van der Waals surface area contributed by atoms with Crippen LogP contribution in [0.1, 0.15) is 25.3 Å². The molecule has 1 amide bonds. The van der Waals surface area contributed by atoms with Crippen LogP contribution in [0.25, 0.3) is 0 Å². The maximum Gasteiger partial charge on any atom is 0.278 e. The number of nitrogens with zero attached hydrogens (tertiary/aromatic N) is 1. The molecule has 2 aliphatic rings. The summed E-state index contributed by atoms with van der Waals surface area (Å²) in [6.07, 6.45) is 2.16. The van der Waals surface area contributed by atoms with Gasteiger partial charge in [-0.15, -0.1) is 0 Å². The Labute approximate surface area is 143 Å². The molecule has 1 heterocycles. The summed E-state index contributed by atoms with van der Waals surface area (Å²) in [6, 6.07) is 7.19. The van der Waals surface area contributed by atoms with E-state index in [0.29, 0.717) is 37.1 Å². The Balaban J connectivity index is 1.59. The molecule has 0 unspecified atom stereocenters. The summed E-state index contributed by atoms with van der Waals surface area (Å²) in [5, 5.41) is 3.03. The van der Waals surface area contributed by atoms with Crippen LogP contribution in [0.2, 0.25) is 0 Å². The molecule has 0 spiro atoms. The van der Waals surface area contributed by atoms with Gasteiger partial charge in [0.2, 0.25) is 10.0 Å². The van der Waals surface area contributed by atoms with Crippen LogP contribution in [0.5, 0.6) is 0 Å². The van der Waals surface area contributed by atoms with Gasteiger partial charge in [0.25, 0.3) is 5.91 Å². The molecule has 24 heavy (non-hydrogen) atoms. The van der Waals surface area contributed by atoms with Crippen molar-refractivity contribution in [2.75, 3.05) is 26.2 Å². The fraction of sp³-hybridized carbons (Fsp3) is 0.588. The van der Waals surface area contributed by atoms with Gasteiger partial charge in [-0.2, -0.15) is 4.31 Å². The molecule has 1 atom stereocenters. The molecule has 0 bridgehead atoms. The first-order valence-electron chi connectivity index (χ1n) is 8.59. The molecule has 1 saturated heterocycles. The quantitative estimate of drug-likeness (QED) is 0.754. The zero-order chi connectivity index (χ0) is 17.3. The van der Waals surface area contributed by atoms with Crippen LogP contribution in [0, 0.1) is 6.92 Å². The van der Waals surface area contributed by atoms with Crippen molar-refractivity contribution in [3.8, 4) is 0 Å². The maximum absolute atomic E-state index is 12.7. The molecule has 1 aromatic rings. The van der Waals surface area contributed by atoms with Crippen molar-refractivity contribution in [2.24, 2.45) is 0 Å². The molecule has 0 aromatic heterocycles. The Morgan fingerprint density at radius 2 is 1.79 bits per heavy atom. The number of carbonyl (C=O) groups is 1. The highest BCUT2D eigenvalue weighted by molar-refractivity contribution is 7.89. The van der Waals surface area contributed by atoms with Crippen LogP contribution in [0.3, 0.4) is 0 Å². The minimum absolute atomic E-state index is 0.0855. The van der Waals surface area contributed by atoms with Crippen molar-refractivity contribution >= 4 is 15.9 Å². The van der Waals surface area contributed by atoms with Gasteiger partial charge in [0, 0.05) is 6.04 Å². The number of benzene rings is 1. The lowest BCUT2D eigenvalue weighted by Crippen LogP contribution is -3.19. The smallest absolute Gasteiger partial charge is 0.278 e. The highest BCUT2D eigenvalue weighted by Crippen LogP contribution is 2.18. The first-order chi connectivity index (χ1) is 11.4. The summed E-state index contributed by atoms with van der Waals surface area (Å²) in [5.74, 6) is 0.0855. The van der Waals surface area contributed by atoms with E-state index >= 15 is 0 Å². The molecule has 2 N–H and O–H groups in total. The van der Waals surface area contributed by atoms with Crippen LogP contribution in [-0.2, 0) is 14.8 Å². The van der Waals surface area contributed by atoms with Gasteiger partial charge in [0.15, 0.2) is 6.04 Å². The number of amides is 1. The second-order valence-electron chi connectivity index (χ2n) is 6.88. The summed E-state index contributed by atoms with van der Waals surface area (Å²) < 4.78 is 26.9. The summed E-state index contributed by atoms with van der Waals surface area (Å²) in [4.78, 5) is 13.7. The standard InChI is InChI=1S/C17H25N3O3S/c1-13-3-7-16(8-4-13)24(22,23)20-11-9-19(10-12-20)14(2)17(21)18-15-5-6-15/h3-4,7-8,14-15H,5-6,9-12H2,1-2H3,(H,18,21)/p+1/t14-/m1/s1. The molecule has 1 saturated carbocycles. The molecule has 0 radical (unpaired) electrons. The Hall–Kier alpha value is -1.44. The first kappa shape index (κ1) is 17.4. The van der Waals surface area contributed by atoms with Crippen molar-refractivity contribution in [2.45, 2.75) is 43.7 Å². The zero-order valence-corrected chi connectivity index (χ0v) is 15.1. The average molecular weight is 352 g/mol. The number of nitrogens with one attached hydrogen (secondary N) is 2. The van der Waals surface area contributed by atoms with E-state index in [1.165, 1.54) is 4.31 Å². The molecule has 1 aliphatic carbocycles. The number of hydrogen-bond donors (Lipinski definition) is 2. The largest absolute Gasteiger partial charge is 0.348 e. The second-order valence-corrected chi connectivity index (χ2v) is 8.82. The number of piperazine rings is 1. The van der Waals surface area contributed by atoms with Gasteiger partial charge < -0.3 is 10.2 Å². The maximum atomic E-state index is 12.7. The fourth-order valence-electron chi connectivity index (χ4n) is 3.05. The zero-order valence-electron chi connectivity index (χ0n) is 14.3. The number of quaternary nitrogens is 1. The van der Waals surface area contributed by atoms with Crippen LogP contribution in [-0.4, -0.2) is 56.9 Å². The highest BCUT2D eigenvalue weighted by atomic mass is 32.2. The lowest BCUT2D eigenvalue weighted by molar-refractivity contribution is -0.917. The predicted octanol–water partition coefficient (Wildman–Crippen LogP) is -0.449. The fourth-order valence-corrected chi connectivity index (χ4v) is 4.49.